The Labute approximate surface area is 162 Å². The van der Waals surface area contributed by atoms with Crippen molar-refractivity contribution in [3.05, 3.63) is 71.3 Å². The van der Waals surface area contributed by atoms with E-state index in [4.69, 9.17) is 5.73 Å². The molecule has 1 amide bonds. The predicted octanol–water partition coefficient (Wildman–Crippen LogP) is 4.36. The first-order valence-electron chi connectivity index (χ1n) is 9.06. The van der Waals surface area contributed by atoms with Crippen molar-refractivity contribution in [2.45, 2.75) is 38.8 Å². The average molecular weight is 391 g/mol. The molecule has 0 aromatic heterocycles. The van der Waals surface area contributed by atoms with Crippen LogP contribution in [0.4, 0.5) is 13.2 Å². The first-order valence-corrected chi connectivity index (χ1v) is 9.06. The van der Waals surface area contributed by atoms with Crippen molar-refractivity contribution in [3.8, 4) is 0 Å². The second-order valence-corrected chi connectivity index (χ2v) is 6.49. The van der Waals surface area contributed by atoms with Crippen LogP contribution in [0.25, 0.3) is 0 Å². The van der Waals surface area contributed by atoms with Gasteiger partial charge in [-0.1, -0.05) is 37.3 Å². The van der Waals surface area contributed by atoms with Gasteiger partial charge in [-0.05, 0) is 30.2 Å². The minimum Gasteiger partial charge on any atom is -0.325 e. The quantitative estimate of drug-likeness (QED) is 0.842. The summed E-state index contributed by atoms with van der Waals surface area (Å²) in [6.45, 7) is 2.88. The van der Waals surface area contributed by atoms with Gasteiger partial charge in [-0.2, -0.15) is 5.10 Å². The number of rotatable bonds is 4. The summed E-state index contributed by atoms with van der Waals surface area (Å²) in [6.07, 6.45) is 1.08. The van der Waals surface area contributed by atoms with Crippen LogP contribution in [-0.4, -0.2) is 29.3 Å². The Kier molecular flexibility index (Phi) is 7.75. The molecule has 0 saturated heterocycles. The van der Waals surface area contributed by atoms with E-state index in [9.17, 15) is 18.0 Å². The van der Waals surface area contributed by atoms with Gasteiger partial charge >= 0.3 is 0 Å². The number of nitrogens with two attached hydrogens (primary N) is 1. The number of hydrogen-bond acceptors (Lipinski definition) is 3. The van der Waals surface area contributed by atoms with Crippen molar-refractivity contribution in [3.63, 3.8) is 0 Å². The molecule has 28 heavy (non-hydrogen) atoms. The van der Waals surface area contributed by atoms with Gasteiger partial charge < -0.3 is 5.73 Å². The number of hydrogen-bond donors (Lipinski definition) is 1. The summed E-state index contributed by atoms with van der Waals surface area (Å²) in [5, 5.41) is 5.54. The lowest BCUT2D eigenvalue weighted by atomic mass is 9.98. The second-order valence-electron chi connectivity index (χ2n) is 6.49. The number of hydrazone groups is 1. The van der Waals surface area contributed by atoms with Crippen LogP contribution in [0.2, 0.25) is 0 Å². The lowest BCUT2D eigenvalue weighted by Crippen LogP contribution is -2.24. The first kappa shape index (κ1) is 21.6. The zero-order valence-electron chi connectivity index (χ0n) is 15.9. The van der Waals surface area contributed by atoms with Crippen LogP contribution in [0.5, 0.6) is 0 Å². The topological polar surface area (TPSA) is 58.7 Å². The molecule has 0 saturated carbocycles. The van der Waals surface area contributed by atoms with Crippen molar-refractivity contribution < 1.29 is 18.0 Å². The number of halogens is 3. The van der Waals surface area contributed by atoms with Crippen molar-refractivity contribution in [1.82, 2.24) is 5.01 Å². The minimum absolute atomic E-state index is 0.102. The van der Waals surface area contributed by atoms with Crippen LogP contribution in [0.1, 0.15) is 43.9 Å². The van der Waals surface area contributed by atoms with Crippen LogP contribution < -0.4 is 5.73 Å². The van der Waals surface area contributed by atoms with Gasteiger partial charge in [0.05, 0.1) is 11.8 Å². The monoisotopic (exact) mass is 391 g/mol. The number of carbonyl (C=O) groups excluding carboxylic acids is 1. The number of benzene rings is 2. The average Bonchev–Trinajstić information content (AvgIpc) is 3.16. The summed E-state index contributed by atoms with van der Waals surface area (Å²) in [5.41, 5.74) is 6.49. The van der Waals surface area contributed by atoms with Gasteiger partial charge in [0.25, 0.3) is 0 Å². The van der Waals surface area contributed by atoms with Gasteiger partial charge in [-0.3, -0.25) is 4.79 Å². The Hall–Kier alpha value is -2.67. The zero-order chi connectivity index (χ0) is 20.7. The second kappa shape index (κ2) is 10.0. The van der Waals surface area contributed by atoms with E-state index >= 15 is 0 Å². The molecule has 2 atom stereocenters. The molecule has 7 heteroatoms. The van der Waals surface area contributed by atoms with Gasteiger partial charge in [-0.25, -0.2) is 18.2 Å². The van der Waals surface area contributed by atoms with Gasteiger partial charge in [0.1, 0.15) is 18.3 Å². The summed E-state index contributed by atoms with van der Waals surface area (Å²) >= 11 is 0. The molecule has 3 rings (SSSR count). The largest absolute Gasteiger partial charge is 0.325 e. The fraction of sp³-hybridized carbons (Fsp3) is 0.333. The van der Waals surface area contributed by atoms with E-state index in [1.54, 1.807) is 0 Å². The first-order chi connectivity index (χ1) is 13.4. The van der Waals surface area contributed by atoms with Crippen LogP contribution in [0, 0.1) is 11.6 Å². The summed E-state index contributed by atoms with van der Waals surface area (Å²) in [4.78, 5) is 11.8. The van der Waals surface area contributed by atoms with Gasteiger partial charge in [0.2, 0.25) is 5.91 Å². The van der Waals surface area contributed by atoms with E-state index in [0.717, 1.165) is 30.2 Å². The molecule has 0 aliphatic carbocycles. The summed E-state index contributed by atoms with van der Waals surface area (Å²) < 4.78 is 38.6. The molecule has 1 aliphatic heterocycles. The molecule has 0 fully saturated rings. The van der Waals surface area contributed by atoms with Crippen molar-refractivity contribution >= 4 is 11.6 Å². The third-order valence-electron chi connectivity index (χ3n) is 4.38. The maximum Gasteiger partial charge on any atom is 0.240 e. The molecule has 4 nitrogen and oxygen atoms in total. The highest BCUT2D eigenvalue weighted by molar-refractivity contribution is 6.03. The highest BCUT2D eigenvalue weighted by Gasteiger charge is 2.32. The molecule has 150 valence electrons. The van der Waals surface area contributed by atoms with Gasteiger partial charge in [-0.15, -0.1) is 0 Å². The smallest absolute Gasteiger partial charge is 0.240 e. The molecule has 2 aromatic carbocycles. The van der Waals surface area contributed by atoms with Crippen molar-refractivity contribution in [2.75, 3.05) is 6.67 Å². The van der Waals surface area contributed by atoms with E-state index < -0.39 is 18.3 Å². The SMILES string of the molecule is CC(=O)N1N=C(c2cc(F)ccc2F)C[C@H]1c1ccccc1.CCC(N)CF. The standard InChI is InChI=1S/C17H14F2N2O.C4H10FN/c1-11(22)21-17(12-5-3-2-4-6-12)10-16(20-21)14-9-13(18)7-8-15(14)19;1-2-4(6)3-5/h2-9,17H,10H2,1H3;4H,2-3,6H2,1H3/t17-;/m0./s1. The molecule has 0 radical (unpaired) electrons. The zero-order valence-corrected chi connectivity index (χ0v) is 15.9. The molecule has 0 spiro atoms. The molecule has 0 bridgehead atoms. The van der Waals surface area contributed by atoms with E-state index in [1.807, 2.05) is 37.3 Å². The van der Waals surface area contributed by atoms with Crippen LogP contribution >= 0.6 is 0 Å². The Bertz CT molecular complexity index is 823. The molecule has 2 N–H and O–H groups in total. The Balaban J connectivity index is 0.000000409. The predicted molar refractivity (Wildman–Crippen MR) is 103 cm³/mol. The number of amides is 1. The van der Waals surface area contributed by atoms with Gasteiger partial charge in [0.15, 0.2) is 0 Å². The lowest BCUT2D eigenvalue weighted by molar-refractivity contribution is -0.130. The van der Waals surface area contributed by atoms with E-state index in [1.165, 1.54) is 11.9 Å². The van der Waals surface area contributed by atoms with Crippen LogP contribution in [-0.2, 0) is 4.79 Å². The summed E-state index contributed by atoms with van der Waals surface area (Å²) in [7, 11) is 0. The summed E-state index contributed by atoms with van der Waals surface area (Å²) in [5.74, 6) is -1.31. The van der Waals surface area contributed by atoms with E-state index in [-0.39, 0.29) is 23.6 Å². The highest BCUT2D eigenvalue weighted by atomic mass is 19.1. The van der Waals surface area contributed by atoms with Crippen LogP contribution in [0.15, 0.2) is 53.6 Å². The number of carbonyl (C=O) groups is 1. The molecule has 2 aromatic rings. The maximum absolute atomic E-state index is 13.9. The molecular weight excluding hydrogens is 367 g/mol. The molecule has 1 aliphatic rings. The normalized spacial score (nSPS) is 16.9. The summed E-state index contributed by atoms with van der Waals surface area (Å²) in [6, 6.07) is 12.1. The lowest BCUT2D eigenvalue weighted by Gasteiger charge is -2.20. The van der Waals surface area contributed by atoms with E-state index in [2.05, 4.69) is 5.10 Å². The molecular formula is C21H24F3N3O. The van der Waals surface area contributed by atoms with E-state index in [0.29, 0.717) is 12.1 Å². The molecule has 1 unspecified atom stereocenters. The fourth-order valence-electron chi connectivity index (χ4n) is 2.73. The van der Waals surface area contributed by atoms with Crippen molar-refractivity contribution in [1.29, 1.82) is 0 Å². The number of nitrogens with zero attached hydrogens (tertiary/aromatic N) is 2. The maximum atomic E-state index is 13.9. The van der Waals surface area contributed by atoms with Gasteiger partial charge in [0, 0.05) is 24.9 Å². The van der Waals surface area contributed by atoms with Crippen LogP contribution in [0.3, 0.4) is 0 Å². The highest BCUT2D eigenvalue weighted by Crippen LogP contribution is 2.33. The third-order valence-corrected chi connectivity index (χ3v) is 4.38. The number of alkyl halides is 1. The fourth-order valence-corrected chi connectivity index (χ4v) is 2.73. The Morgan fingerprint density at radius 2 is 1.93 bits per heavy atom. The third kappa shape index (κ3) is 5.42. The van der Waals surface area contributed by atoms with Crippen molar-refractivity contribution in [2.24, 2.45) is 10.8 Å². The minimum atomic E-state index is -0.544. The Morgan fingerprint density at radius 3 is 2.46 bits per heavy atom. The molecule has 1 heterocycles. The Morgan fingerprint density at radius 1 is 1.25 bits per heavy atom.